The Balaban J connectivity index is 1.92. The van der Waals surface area contributed by atoms with Gasteiger partial charge in [-0.15, -0.1) is 0 Å². The van der Waals surface area contributed by atoms with Gasteiger partial charge in [-0.25, -0.2) is 9.97 Å². The van der Waals surface area contributed by atoms with E-state index >= 15 is 0 Å². The van der Waals surface area contributed by atoms with E-state index in [0.29, 0.717) is 0 Å². The fourth-order valence-corrected chi connectivity index (χ4v) is 2.92. The van der Waals surface area contributed by atoms with E-state index in [-0.39, 0.29) is 5.28 Å². The third-order valence-electron chi connectivity index (χ3n) is 3.82. The second-order valence-corrected chi connectivity index (χ2v) is 5.64. The number of hydrogen-bond acceptors (Lipinski definition) is 2. The van der Waals surface area contributed by atoms with Gasteiger partial charge in [-0.1, -0.05) is 66.7 Å². The standard InChI is InChI=1S/C20H13ClN2/c21-20-22-18-12-5-4-11-17(18)19(23-20)16-10-6-9-15(13-16)14-7-2-1-3-8-14/h1-13H. The van der Waals surface area contributed by atoms with Crippen LogP contribution in [0.4, 0.5) is 0 Å². The van der Waals surface area contributed by atoms with Crippen LogP contribution in [0.2, 0.25) is 5.28 Å². The molecule has 0 N–H and O–H groups in total. The second-order valence-electron chi connectivity index (χ2n) is 5.31. The van der Waals surface area contributed by atoms with Gasteiger partial charge in [0.1, 0.15) is 0 Å². The van der Waals surface area contributed by atoms with Crippen molar-refractivity contribution in [2.75, 3.05) is 0 Å². The molecule has 2 nitrogen and oxygen atoms in total. The van der Waals surface area contributed by atoms with Crippen molar-refractivity contribution in [2.45, 2.75) is 0 Å². The van der Waals surface area contributed by atoms with Crippen molar-refractivity contribution in [1.82, 2.24) is 9.97 Å². The van der Waals surface area contributed by atoms with Gasteiger partial charge in [-0.05, 0) is 34.9 Å². The third kappa shape index (κ3) is 2.69. The van der Waals surface area contributed by atoms with Crippen molar-refractivity contribution in [3.63, 3.8) is 0 Å². The molecule has 0 aliphatic heterocycles. The van der Waals surface area contributed by atoms with Crippen LogP contribution < -0.4 is 0 Å². The summed E-state index contributed by atoms with van der Waals surface area (Å²) >= 11 is 6.11. The Morgan fingerprint density at radius 3 is 2.17 bits per heavy atom. The van der Waals surface area contributed by atoms with E-state index in [9.17, 15) is 0 Å². The topological polar surface area (TPSA) is 25.8 Å². The van der Waals surface area contributed by atoms with Gasteiger partial charge in [0.15, 0.2) is 0 Å². The highest BCUT2D eigenvalue weighted by Crippen LogP contribution is 2.30. The Hall–Kier alpha value is -2.71. The second kappa shape index (κ2) is 5.82. The Kier molecular flexibility index (Phi) is 3.52. The molecule has 3 aromatic carbocycles. The van der Waals surface area contributed by atoms with Crippen molar-refractivity contribution < 1.29 is 0 Å². The molecule has 0 radical (unpaired) electrons. The molecule has 3 heteroatoms. The number of nitrogens with zero attached hydrogens (tertiary/aromatic N) is 2. The summed E-state index contributed by atoms with van der Waals surface area (Å²) in [7, 11) is 0. The number of rotatable bonds is 2. The summed E-state index contributed by atoms with van der Waals surface area (Å²) in [6.07, 6.45) is 0. The first-order chi connectivity index (χ1) is 11.3. The van der Waals surface area contributed by atoms with Gasteiger partial charge in [-0.2, -0.15) is 0 Å². The highest BCUT2D eigenvalue weighted by Gasteiger charge is 2.09. The predicted octanol–water partition coefficient (Wildman–Crippen LogP) is 5.62. The normalized spacial score (nSPS) is 10.8. The van der Waals surface area contributed by atoms with Gasteiger partial charge in [-0.3, -0.25) is 0 Å². The van der Waals surface area contributed by atoms with Crippen molar-refractivity contribution in [2.24, 2.45) is 0 Å². The summed E-state index contributed by atoms with van der Waals surface area (Å²) in [4.78, 5) is 8.76. The number of benzene rings is 3. The molecule has 23 heavy (non-hydrogen) atoms. The molecule has 110 valence electrons. The summed E-state index contributed by atoms with van der Waals surface area (Å²) < 4.78 is 0. The van der Waals surface area contributed by atoms with Gasteiger partial charge < -0.3 is 0 Å². The van der Waals surface area contributed by atoms with Gasteiger partial charge in [0, 0.05) is 10.9 Å². The quantitative estimate of drug-likeness (QED) is 0.449. The molecule has 0 aliphatic carbocycles. The van der Waals surface area contributed by atoms with E-state index in [1.165, 1.54) is 5.56 Å². The van der Waals surface area contributed by atoms with Crippen LogP contribution in [0.25, 0.3) is 33.3 Å². The summed E-state index contributed by atoms with van der Waals surface area (Å²) in [6, 6.07) is 26.6. The van der Waals surface area contributed by atoms with Gasteiger partial charge in [0.2, 0.25) is 5.28 Å². The first-order valence-electron chi connectivity index (χ1n) is 7.39. The molecule has 0 amide bonds. The van der Waals surface area contributed by atoms with E-state index in [4.69, 9.17) is 11.6 Å². The van der Waals surface area contributed by atoms with Crippen LogP contribution in [-0.2, 0) is 0 Å². The van der Waals surface area contributed by atoms with E-state index in [0.717, 1.165) is 27.7 Å². The van der Waals surface area contributed by atoms with Crippen molar-refractivity contribution >= 4 is 22.5 Å². The first kappa shape index (κ1) is 13.9. The molecule has 0 saturated carbocycles. The van der Waals surface area contributed by atoms with Crippen LogP contribution >= 0.6 is 11.6 Å². The lowest BCUT2D eigenvalue weighted by Crippen LogP contribution is -1.91. The molecule has 0 unspecified atom stereocenters. The Morgan fingerprint density at radius 2 is 1.30 bits per heavy atom. The molecule has 0 aliphatic rings. The molecule has 0 bridgehead atoms. The smallest absolute Gasteiger partial charge is 0.218 e. The summed E-state index contributed by atoms with van der Waals surface area (Å²) in [5.41, 5.74) is 5.08. The molecular formula is C20H13ClN2. The Morgan fingerprint density at radius 1 is 0.609 bits per heavy atom. The number of fused-ring (bicyclic) bond motifs is 1. The largest absolute Gasteiger partial charge is 0.223 e. The molecule has 0 atom stereocenters. The minimum Gasteiger partial charge on any atom is -0.218 e. The van der Waals surface area contributed by atoms with Gasteiger partial charge >= 0.3 is 0 Å². The van der Waals surface area contributed by atoms with Crippen LogP contribution in [0.3, 0.4) is 0 Å². The molecule has 0 spiro atoms. The summed E-state index contributed by atoms with van der Waals surface area (Å²) in [5, 5.41) is 1.27. The maximum atomic E-state index is 6.11. The SMILES string of the molecule is Clc1nc(-c2cccc(-c3ccccc3)c2)c2ccccc2n1. The predicted molar refractivity (Wildman–Crippen MR) is 95.4 cm³/mol. The Labute approximate surface area is 139 Å². The number of aromatic nitrogens is 2. The number of hydrogen-bond donors (Lipinski definition) is 0. The lowest BCUT2D eigenvalue weighted by molar-refractivity contribution is 1.22. The average Bonchev–Trinajstić information content (AvgIpc) is 2.62. The maximum absolute atomic E-state index is 6.11. The van der Waals surface area contributed by atoms with Gasteiger partial charge in [0.25, 0.3) is 0 Å². The number of para-hydroxylation sites is 1. The average molecular weight is 317 g/mol. The molecular weight excluding hydrogens is 304 g/mol. The van der Waals surface area contributed by atoms with E-state index in [1.807, 2.05) is 48.5 Å². The van der Waals surface area contributed by atoms with E-state index in [1.54, 1.807) is 0 Å². The van der Waals surface area contributed by atoms with Gasteiger partial charge in [0.05, 0.1) is 11.2 Å². The van der Waals surface area contributed by atoms with Crippen LogP contribution in [-0.4, -0.2) is 9.97 Å². The van der Waals surface area contributed by atoms with Crippen molar-refractivity contribution in [3.8, 4) is 22.4 Å². The van der Waals surface area contributed by atoms with E-state index < -0.39 is 0 Å². The number of halogens is 1. The fourth-order valence-electron chi connectivity index (χ4n) is 2.74. The molecule has 1 aromatic heterocycles. The zero-order valence-corrected chi connectivity index (χ0v) is 13.0. The minimum absolute atomic E-state index is 0.267. The lowest BCUT2D eigenvalue weighted by atomic mass is 10.00. The minimum atomic E-state index is 0.267. The summed E-state index contributed by atoms with van der Waals surface area (Å²) in [6.45, 7) is 0. The van der Waals surface area contributed by atoms with Crippen LogP contribution in [0.1, 0.15) is 0 Å². The molecule has 1 heterocycles. The fraction of sp³-hybridized carbons (Fsp3) is 0. The van der Waals surface area contributed by atoms with Crippen LogP contribution in [0.15, 0.2) is 78.9 Å². The molecule has 4 rings (SSSR count). The monoisotopic (exact) mass is 316 g/mol. The highest BCUT2D eigenvalue weighted by molar-refractivity contribution is 6.28. The van der Waals surface area contributed by atoms with Crippen molar-refractivity contribution in [1.29, 1.82) is 0 Å². The summed E-state index contributed by atoms with van der Waals surface area (Å²) in [5.74, 6) is 0. The molecule has 0 fully saturated rings. The van der Waals surface area contributed by atoms with Crippen LogP contribution in [0, 0.1) is 0 Å². The van der Waals surface area contributed by atoms with E-state index in [2.05, 4.69) is 40.3 Å². The zero-order chi connectivity index (χ0) is 15.6. The van der Waals surface area contributed by atoms with Crippen LogP contribution in [0.5, 0.6) is 0 Å². The molecule has 4 aromatic rings. The van der Waals surface area contributed by atoms with Crippen molar-refractivity contribution in [3.05, 3.63) is 84.1 Å². The third-order valence-corrected chi connectivity index (χ3v) is 3.99. The lowest BCUT2D eigenvalue weighted by Gasteiger charge is -2.08. The zero-order valence-electron chi connectivity index (χ0n) is 12.3. The maximum Gasteiger partial charge on any atom is 0.223 e. The first-order valence-corrected chi connectivity index (χ1v) is 7.77. The molecule has 0 saturated heterocycles. The highest BCUT2D eigenvalue weighted by atomic mass is 35.5. The Bertz CT molecular complexity index is 981.